The minimum absolute atomic E-state index is 0.0529. The fraction of sp³-hybridized carbons (Fsp3) is 0.250. The molecule has 0 saturated carbocycles. The summed E-state index contributed by atoms with van der Waals surface area (Å²) >= 11 is 1.22. The molecule has 0 spiro atoms. The zero-order chi connectivity index (χ0) is 20.2. The molecule has 0 radical (unpaired) electrons. The van der Waals surface area contributed by atoms with E-state index in [0.717, 1.165) is 4.88 Å². The van der Waals surface area contributed by atoms with Gasteiger partial charge in [0.05, 0.1) is 0 Å². The quantitative estimate of drug-likeness (QED) is 0.266. The number of amidine groups is 1. The molecule has 2 rings (SSSR count). The highest BCUT2D eigenvalue weighted by Crippen LogP contribution is 2.23. The first kappa shape index (κ1) is 20.4. The number of hydrogen-bond acceptors (Lipinski definition) is 6. The molecule has 0 aliphatic rings. The monoisotopic (exact) mass is 386 g/mol. The number of thiophene rings is 1. The number of nitrogens with one attached hydrogen (secondary N) is 1. The largest absolute Gasteiger partial charge is 0.457 e. The summed E-state index contributed by atoms with van der Waals surface area (Å²) in [6.07, 6.45) is 1.68. The summed E-state index contributed by atoms with van der Waals surface area (Å²) in [7, 11) is 0. The van der Waals surface area contributed by atoms with Gasteiger partial charge < -0.3 is 15.2 Å². The molecule has 3 N–H and O–H groups in total. The normalized spacial score (nSPS) is 11.8. The Morgan fingerprint density at radius 1 is 1.11 bits per heavy atom. The van der Waals surface area contributed by atoms with E-state index < -0.39 is 17.5 Å². The van der Waals surface area contributed by atoms with E-state index in [1.54, 1.807) is 70.2 Å². The summed E-state index contributed by atoms with van der Waals surface area (Å²) in [5.41, 5.74) is 5.83. The molecule has 1 aromatic heterocycles. The van der Waals surface area contributed by atoms with Gasteiger partial charge in [0.15, 0.2) is 0 Å². The van der Waals surface area contributed by atoms with Gasteiger partial charge in [0, 0.05) is 16.0 Å². The van der Waals surface area contributed by atoms with Crippen LogP contribution in [-0.2, 0) is 9.53 Å². The van der Waals surface area contributed by atoms with Crippen molar-refractivity contribution >= 4 is 35.2 Å². The molecule has 6 nitrogen and oxygen atoms in total. The predicted octanol–water partition coefficient (Wildman–Crippen LogP) is 4.00. The van der Waals surface area contributed by atoms with E-state index in [-0.39, 0.29) is 5.84 Å². The maximum Gasteiger partial charge on any atom is 0.353 e. The molecule has 0 aliphatic carbocycles. The zero-order valence-corrected chi connectivity index (χ0v) is 16.5. The summed E-state index contributed by atoms with van der Waals surface area (Å²) in [6.45, 7) is 7.09. The third kappa shape index (κ3) is 6.07. The van der Waals surface area contributed by atoms with E-state index >= 15 is 0 Å². The second-order valence-corrected chi connectivity index (χ2v) is 7.97. The number of hydrogen-bond donors (Lipinski definition) is 2. The van der Waals surface area contributed by atoms with Crippen LogP contribution in [0.25, 0.3) is 6.08 Å². The standard InChI is InChI=1S/C20H22N2O4S/c1-12(18(23)26-20(2,3)4)11-15-9-10-16(27-15)19(24)25-14-7-5-13(6-8-14)17(21)22/h5-11H,1-4H3,(H3,21,22)/b12-11+. The lowest BCUT2D eigenvalue weighted by molar-refractivity contribution is -0.149. The number of benzene rings is 1. The van der Waals surface area contributed by atoms with E-state index in [0.29, 0.717) is 21.8 Å². The Morgan fingerprint density at radius 2 is 1.74 bits per heavy atom. The Hall–Kier alpha value is -2.93. The average Bonchev–Trinajstić information content (AvgIpc) is 3.02. The predicted molar refractivity (Wildman–Crippen MR) is 106 cm³/mol. The molecule has 1 aromatic carbocycles. The summed E-state index contributed by atoms with van der Waals surface area (Å²) in [5, 5.41) is 7.35. The number of ether oxygens (including phenoxy) is 2. The first-order chi connectivity index (χ1) is 12.5. The molecular weight excluding hydrogens is 364 g/mol. The van der Waals surface area contributed by atoms with Crippen LogP contribution >= 0.6 is 11.3 Å². The van der Waals surface area contributed by atoms with Crippen molar-refractivity contribution in [1.82, 2.24) is 0 Å². The molecule has 27 heavy (non-hydrogen) atoms. The number of carbonyl (C=O) groups excluding carboxylic acids is 2. The Bertz CT molecular complexity index is 889. The molecule has 0 atom stereocenters. The van der Waals surface area contributed by atoms with Crippen molar-refractivity contribution in [3.63, 3.8) is 0 Å². The van der Waals surface area contributed by atoms with Crippen LogP contribution in [0.5, 0.6) is 5.75 Å². The third-order valence-electron chi connectivity index (χ3n) is 3.28. The minimum atomic E-state index is -0.561. The molecule has 0 amide bonds. The van der Waals surface area contributed by atoms with Gasteiger partial charge in [0.25, 0.3) is 0 Å². The molecule has 0 bridgehead atoms. The highest BCUT2D eigenvalue weighted by Gasteiger charge is 2.18. The number of rotatable bonds is 5. The highest BCUT2D eigenvalue weighted by molar-refractivity contribution is 7.14. The SMILES string of the molecule is C/C(=C\c1ccc(C(=O)Oc2ccc(C(=N)N)cc2)s1)C(=O)OC(C)(C)C. The fourth-order valence-electron chi connectivity index (χ4n) is 2.03. The van der Waals surface area contributed by atoms with E-state index in [1.165, 1.54) is 11.3 Å². The van der Waals surface area contributed by atoms with E-state index in [9.17, 15) is 9.59 Å². The molecule has 7 heteroatoms. The van der Waals surface area contributed by atoms with Crippen LogP contribution in [-0.4, -0.2) is 23.4 Å². The van der Waals surface area contributed by atoms with Gasteiger partial charge in [0.1, 0.15) is 22.1 Å². The first-order valence-electron chi connectivity index (χ1n) is 8.23. The van der Waals surface area contributed by atoms with Crippen LogP contribution in [0.2, 0.25) is 0 Å². The number of esters is 2. The minimum Gasteiger partial charge on any atom is -0.457 e. The van der Waals surface area contributed by atoms with Gasteiger partial charge in [-0.3, -0.25) is 5.41 Å². The summed E-state index contributed by atoms with van der Waals surface area (Å²) in [4.78, 5) is 25.4. The topological polar surface area (TPSA) is 102 Å². The van der Waals surface area contributed by atoms with Crippen LogP contribution < -0.4 is 10.5 Å². The van der Waals surface area contributed by atoms with Crippen molar-refractivity contribution in [2.24, 2.45) is 5.73 Å². The number of nitrogens with two attached hydrogens (primary N) is 1. The van der Waals surface area contributed by atoms with Crippen LogP contribution in [0, 0.1) is 5.41 Å². The summed E-state index contributed by atoms with van der Waals surface area (Å²) in [6, 6.07) is 9.76. The van der Waals surface area contributed by atoms with Gasteiger partial charge in [-0.1, -0.05) is 0 Å². The van der Waals surface area contributed by atoms with Gasteiger partial charge in [-0.2, -0.15) is 0 Å². The molecule has 1 heterocycles. The molecule has 0 saturated heterocycles. The fourth-order valence-corrected chi connectivity index (χ4v) is 2.92. The second-order valence-electron chi connectivity index (χ2n) is 6.86. The lowest BCUT2D eigenvalue weighted by atomic mass is 10.2. The van der Waals surface area contributed by atoms with Crippen molar-refractivity contribution in [2.45, 2.75) is 33.3 Å². The lowest BCUT2D eigenvalue weighted by Crippen LogP contribution is -2.24. The Kier molecular flexibility index (Phi) is 6.17. The molecule has 142 valence electrons. The zero-order valence-electron chi connectivity index (χ0n) is 15.7. The Labute approximate surface area is 162 Å². The highest BCUT2D eigenvalue weighted by atomic mass is 32.1. The smallest absolute Gasteiger partial charge is 0.353 e. The van der Waals surface area contributed by atoms with E-state index in [1.807, 2.05) is 0 Å². The van der Waals surface area contributed by atoms with Gasteiger partial charge in [-0.15, -0.1) is 11.3 Å². The number of nitrogen functional groups attached to an aromatic ring is 1. The average molecular weight is 386 g/mol. The molecule has 0 aliphatic heterocycles. The van der Waals surface area contributed by atoms with Crippen molar-refractivity contribution in [2.75, 3.05) is 0 Å². The van der Waals surface area contributed by atoms with Crippen LogP contribution in [0.15, 0.2) is 42.0 Å². The first-order valence-corrected chi connectivity index (χ1v) is 9.05. The molecular formula is C20H22N2O4S. The van der Waals surface area contributed by atoms with Crippen molar-refractivity contribution in [3.8, 4) is 5.75 Å². The summed E-state index contributed by atoms with van der Waals surface area (Å²) < 4.78 is 10.6. The Balaban J connectivity index is 2.05. The molecule has 0 unspecified atom stereocenters. The van der Waals surface area contributed by atoms with Crippen molar-refractivity contribution in [1.29, 1.82) is 5.41 Å². The maximum atomic E-state index is 12.3. The Morgan fingerprint density at radius 3 is 2.30 bits per heavy atom. The maximum absolute atomic E-state index is 12.3. The third-order valence-corrected chi connectivity index (χ3v) is 4.30. The van der Waals surface area contributed by atoms with Gasteiger partial charge in [-0.05, 0) is 70.2 Å². The van der Waals surface area contributed by atoms with Crippen LogP contribution in [0.4, 0.5) is 0 Å². The molecule has 0 fully saturated rings. The van der Waals surface area contributed by atoms with Crippen molar-refractivity contribution < 1.29 is 19.1 Å². The number of carbonyl (C=O) groups is 2. The van der Waals surface area contributed by atoms with Crippen LogP contribution in [0.1, 0.15) is 47.8 Å². The summed E-state index contributed by atoms with van der Waals surface area (Å²) in [5.74, 6) is -0.584. The van der Waals surface area contributed by atoms with E-state index in [4.69, 9.17) is 20.6 Å². The van der Waals surface area contributed by atoms with Crippen molar-refractivity contribution in [3.05, 3.63) is 57.3 Å². The van der Waals surface area contributed by atoms with E-state index in [2.05, 4.69) is 0 Å². The van der Waals surface area contributed by atoms with Gasteiger partial charge in [0.2, 0.25) is 0 Å². The lowest BCUT2D eigenvalue weighted by Gasteiger charge is -2.19. The second kappa shape index (κ2) is 8.18. The van der Waals surface area contributed by atoms with Gasteiger partial charge >= 0.3 is 11.9 Å². The molecule has 2 aromatic rings. The van der Waals surface area contributed by atoms with Gasteiger partial charge in [-0.25, -0.2) is 9.59 Å². The van der Waals surface area contributed by atoms with Crippen LogP contribution in [0.3, 0.4) is 0 Å².